The topological polar surface area (TPSA) is 55.4 Å². The van der Waals surface area contributed by atoms with Gasteiger partial charge in [0, 0.05) is 11.3 Å². The maximum atomic E-state index is 12.4. The lowest BCUT2D eigenvalue weighted by Crippen LogP contribution is -2.41. The minimum Gasteiger partial charge on any atom is -0.493 e. The van der Waals surface area contributed by atoms with Gasteiger partial charge < -0.3 is 10.1 Å². The molecule has 0 fully saturated rings. The van der Waals surface area contributed by atoms with Gasteiger partial charge in [0.2, 0.25) is 0 Å². The van der Waals surface area contributed by atoms with Crippen LogP contribution < -0.4 is 10.1 Å². The predicted octanol–water partition coefficient (Wildman–Crippen LogP) is 7.65. The molecule has 0 bridgehead atoms. The number of thioether (sulfide) groups is 1. The number of unbranched alkanes of at least 4 members (excludes halogenated alkanes) is 9. The van der Waals surface area contributed by atoms with Crippen LogP contribution in [0, 0.1) is 0 Å². The minimum atomic E-state index is -0.549. The molecule has 36 heavy (non-hydrogen) atoms. The summed E-state index contributed by atoms with van der Waals surface area (Å²) < 4.78 is 5.88. The van der Waals surface area contributed by atoms with Crippen LogP contribution in [0.25, 0.3) is 0 Å². The Kier molecular flexibility index (Phi) is 15.7. The molecule has 1 amide bonds. The largest absolute Gasteiger partial charge is 0.493 e. The fourth-order valence-electron chi connectivity index (χ4n) is 4.10. The second-order valence-corrected chi connectivity index (χ2v) is 10.7. The van der Waals surface area contributed by atoms with Crippen molar-refractivity contribution in [3.05, 3.63) is 65.7 Å². The fraction of sp³-hybridized carbons (Fsp3) is 0.548. The number of carbonyl (C=O) groups excluding carboxylic acids is 2. The number of rotatable bonds is 20. The summed E-state index contributed by atoms with van der Waals surface area (Å²) in [5.41, 5.74) is 1.55. The van der Waals surface area contributed by atoms with E-state index in [9.17, 15) is 9.59 Å². The molecule has 0 heterocycles. The van der Waals surface area contributed by atoms with Crippen LogP contribution in [0.3, 0.4) is 0 Å². The first-order chi connectivity index (χ1) is 17.6. The lowest BCUT2D eigenvalue weighted by molar-refractivity contribution is -0.118. The van der Waals surface area contributed by atoms with Gasteiger partial charge in [-0.25, -0.2) is 0 Å². The van der Waals surface area contributed by atoms with Crippen LogP contribution in [0.15, 0.2) is 54.6 Å². The Labute approximate surface area is 223 Å². The molecule has 2 rings (SSSR count). The van der Waals surface area contributed by atoms with Gasteiger partial charge in [0.05, 0.1) is 12.6 Å². The lowest BCUT2D eigenvalue weighted by Gasteiger charge is -2.16. The zero-order chi connectivity index (χ0) is 25.8. The summed E-state index contributed by atoms with van der Waals surface area (Å²) in [5, 5.41) is 2.86. The molecule has 0 saturated heterocycles. The second-order valence-electron chi connectivity index (χ2n) is 9.49. The third-order valence-electron chi connectivity index (χ3n) is 6.33. The van der Waals surface area contributed by atoms with Crippen LogP contribution >= 0.6 is 11.8 Å². The molecular weight excluding hydrogens is 466 g/mol. The Balaban J connectivity index is 1.56. The first-order valence-corrected chi connectivity index (χ1v) is 14.9. The summed E-state index contributed by atoms with van der Waals surface area (Å²) in [7, 11) is 0. The van der Waals surface area contributed by atoms with Gasteiger partial charge in [0.1, 0.15) is 5.75 Å². The van der Waals surface area contributed by atoms with Crippen LogP contribution in [0.2, 0.25) is 0 Å². The van der Waals surface area contributed by atoms with E-state index in [4.69, 9.17) is 4.74 Å². The van der Waals surface area contributed by atoms with Crippen molar-refractivity contribution in [3.8, 4) is 5.75 Å². The quantitative estimate of drug-likeness (QED) is 0.186. The van der Waals surface area contributed by atoms with Gasteiger partial charge in [-0.15, -0.1) is 0 Å². The van der Waals surface area contributed by atoms with E-state index < -0.39 is 6.04 Å². The van der Waals surface area contributed by atoms with E-state index in [1.165, 1.54) is 76.9 Å². The number of benzene rings is 2. The van der Waals surface area contributed by atoms with Crippen molar-refractivity contribution in [2.45, 2.75) is 90.5 Å². The third-order valence-corrected chi connectivity index (χ3v) is 7.37. The molecule has 4 nitrogen and oxygen atoms in total. The molecule has 1 N–H and O–H groups in total. The Hall–Kier alpha value is -2.27. The molecule has 198 valence electrons. The molecule has 0 radical (unpaired) electrons. The average Bonchev–Trinajstić information content (AvgIpc) is 2.89. The highest BCUT2D eigenvalue weighted by atomic mass is 32.2. The molecule has 2 aromatic carbocycles. The van der Waals surface area contributed by atoms with Crippen LogP contribution in [-0.4, -0.2) is 35.8 Å². The van der Waals surface area contributed by atoms with Gasteiger partial charge >= 0.3 is 0 Å². The first-order valence-electron chi connectivity index (χ1n) is 13.8. The number of amides is 1. The van der Waals surface area contributed by atoms with E-state index in [0.717, 1.165) is 17.1 Å². The number of Topliss-reactive ketones (excluding diaryl/α,β-unsaturated/α-hetero) is 1. The number of carbonyl (C=O) groups is 2. The maximum absolute atomic E-state index is 12.4. The maximum Gasteiger partial charge on any atom is 0.251 e. The van der Waals surface area contributed by atoms with Crippen molar-refractivity contribution < 1.29 is 14.3 Å². The number of nitrogens with one attached hydrogen (secondary N) is 1. The van der Waals surface area contributed by atoms with Crippen molar-refractivity contribution >= 4 is 23.5 Å². The smallest absolute Gasteiger partial charge is 0.251 e. The minimum absolute atomic E-state index is 0.0564. The molecule has 5 heteroatoms. The Morgan fingerprint density at radius 3 is 2.03 bits per heavy atom. The zero-order valence-electron chi connectivity index (χ0n) is 22.3. The Bertz CT molecular complexity index is 854. The fourth-order valence-corrected chi connectivity index (χ4v) is 4.91. The molecule has 0 aliphatic carbocycles. The predicted molar refractivity (Wildman–Crippen MR) is 153 cm³/mol. The van der Waals surface area contributed by atoms with Gasteiger partial charge in [0.25, 0.3) is 5.91 Å². The van der Waals surface area contributed by atoms with Crippen LogP contribution in [0.4, 0.5) is 0 Å². The van der Waals surface area contributed by atoms with Crippen molar-refractivity contribution in [2.24, 2.45) is 0 Å². The summed E-state index contributed by atoms with van der Waals surface area (Å²) in [6, 6.07) is 16.2. The average molecular weight is 512 g/mol. The SMILES string of the molecule is CCCCCCCCCCCCSCCOc1ccc(CC(NC(=O)c2ccccc2)C(C)=O)cc1. The van der Waals surface area contributed by atoms with E-state index in [0.29, 0.717) is 18.6 Å². The van der Waals surface area contributed by atoms with E-state index in [2.05, 4.69) is 12.2 Å². The van der Waals surface area contributed by atoms with Gasteiger partial charge in [-0.05, 0) is 55.3 Å². The van der Waals surface area contributed by atoms with Crippen LogP contribution in [-0.2, 0) is 11.2 Å². The Morgan fingerprint density at radius 1 is 0.806 bits per heavy atom. The highest BCUT2D eigenvalue weighted by Crippen LogP contribution is 2.16. The summed E-state index contributed by atoms with van der Waals surface area (Å²) in [6.07, 6.45) is 14.2. The molecule has 0 aliphatic rings. The molecule has 0 aliphatic heterocycles. The normalized spacial score (nSPS) is 11.7. The molecule has 0 spiro atoms. The highest BCUT2D eigenvalue weighted by Gasteiger charge is 2.18. The molecular formula is C31H45NO3S. The number of ketones is 1. The monoisotopic (exact) mass is 511 g/mol. The molecule has 1 atom stereocenters. The van der Waals surface area contributed by atoms with Gasteiger partial charge in [-0.1, -0.05) is 95.0 Å². The van der Waals surface area contributed by atoms with Gasteiger partial charge in [0.15, 0.2) is 5.78 Å². The molecule has 0 saturated carbocycles. The van der Waals surface area contributed by atoms with Crippen molar-refractivity contribution in [3.63, 3.8) is 0 Å². The molecule has 0 aromatic heterocycles. The Morgan fingerprint density at radius 2 is 1.42 bits per heavy atom. The number of hydrogen-bond acceptors (Lipinski definition) is 4. The first kappa shape index (κ1) is 30.0. The van der Waals surface area contributed by atoms with Crippen LogP contribution in [0.5, 0.6) is 5.75 Å². The third kappa shape index (κ3) is 13.2. The number of ether oxygens (including phenoxy) is 1. The van der Waals surface area contributed by atoms with E-state index in [1.54, 1.807) is 12.1 Å². The summed E-state index contributed by atoms with van der Waals surface area (Å²) in [4.78, 5) is 24.5. The van der Waals surface area contributed by atoms with Gasteiger partial charge in [-0.3, -0.25) is 9.59 Å². The van der Waals surface area contributed by atoms with E-state index in [1.807, 2.05) is 54.2 Å². The van der Waals surface area contributed by atoms with Crippen molar-refractivity contribution in [1.29, 1.82) is 0 Å². The second kappa shape index (κ2) is 18.9. The summed E-state index contributed by atoms with van der Waals surface area (Å²) >= 11 is 1.97. The number of hydrogen-bond donors (Lipinski definition) is 1. The van der Waals surface area contributed by atoms with Crippen molar-refractivity contribution in [1.82, 2.24) is 5.32 Å². The zero-order valence-corrected chi connectivity index (χ0v) is 23.1. The van der Waals surface area contributed by atoms with E-state index >= 15 is 0 Å². The standard InChI is InChI=1S/C31H45NO3S/c1-3-4-5-6-7-8-9-10-11-15-23-36-24-22-35-29-20-18-27(19-21-29)25-30(26(2)33)32-31(34)28-16-13-12-14-17-28/h12-14,16-21,30H,3-11,15,22-25H2,1-2H3,(H,32,34). The van der Waals surface area contributed by atoms with E-state index in [-0.39, 0.29) is 11.7 Å². The van der Waals surface area contributed by atoms with Crippen molar-refractivity contribution in [2.75, 3.05) is 18.1 Å². The van der Waals surface area contributed by atoms with Crippen LogP contribution in [0.1, 0.15) is 94.0 Å². The summed E-state index contributed by atoms with van der Waals surface area (Å²) in [5.74, 6) is 2.76. The molecule has 1 unspecified atom stereocenters. The lowest BCUT2D eigenvalue weighted by atomic mass is 10.0. The molecule has 2 aromatic rings. The highest BCUT2D eigenvalue weighted by molar-refractivity contribution is 7.99. The van der Waals surface area contributed by atoms with Gasteiger partial charge in [-0.2, -0.15) is 11.8 Å². The summed E-state index contributed by atoms with van der Waals surface area (Å²) in [6.45, 7) is 4.48.